The molecule has 0 radical (unpaired) electrons. The Hall–Kier alpha value is -1.89. The van der Waals surface area contributed by atoms with Gasteiger partial charge in [-0.2, -0.15) is 0 Å². The maximum absolute atomic E-state index is 11.6. The number of hydrazine groups is 1. The zero-order valence-electron chi connectivity index (χ0n) is 10.7. The molecule has 1 aliphatic carbocycles. The first-order chi connectivity index (χ1) is 9.26. The fourth-order valence-corrected chi connectivity index (χ4v) is 2.21. The minimum atomic E-state index is 0.0336. The molecule has 4 N–H and O–H groups in total. The second-order valence-electron chi connectivity index (χ2n) is 5.01. The smallest absolute Gasteiger partial charge is 0.239 e. The molecule has 0 spiro atoms. The molecule has 1 aromatic rings. The van der Waals surface area contributed by atoms with Crippen molar-refractivity contribution in [1.82, 2.24) is 15.3 Å². The third-order valence-corrected chi connectivity index (χ3v) is 3.41. The molecule has 102 valence electrons. The molecule has 1 aromatic heterocycles. The molecular formula is C12H18N6O. The second-order valence-corrected chi connectivity index (χ2v) is 5.01. The molecule has 0 unspecified atom stereocenters. The van der Waals surface area contributed by atoms with Gasteiger partial charge in [0.2, 0.25) is 5.91 Å². The topological polar surface area (TPSA) is 96.2 Å². The summed E-state index contributed by atoms with van der Waals surface area (Å²) < 4.78 is 0. The van der Waals surface area contributed by atoms with Gasteiger partial charge in [-0.05, 0) is 19.3 Å². The Bertz CT molecular complexity index is 487. The van der Waals surface area contributed by atoms with Crippen molar-refractivity contribution in [3.63, 3.8) is 0 Å². The number of rotatable bonds is 3. The van der Waals surface area contributed by atoms with E-state index in [9.17, 15) is 4.79 Å². The molecule has 7 nitrogen and oxygen atoms in total. The van der Waals surface area contributed by atoms with Crippen molar-refractivity contribution in [3.05, 3.63) is 11.9 Å². The summed E-state index contributed by atoms with van der Waals surface area (Å²) in [5, 5.41) is 2.86. The van der Waals surface area contributed by atoms with E-state index in [1.165, 1.54) is 0 Å². The highest BCUT2D eigenvalue weighted by Gasteiger charge is 2.28. The van der Waals surface area contributed by atoms with Gasteiger partial charge in [0.1, 0.15) is 17.5 Å². The molecule has 0 atom stereocenters. The Morgan fingerprint density at radius 2 is 2.26 bits per heavy atom. The highest BCUT2D eigenvalue weighted by molar-refractivity contribution is 5.81. The standard InChI is InChI=1S/C12H18N6O/c13-17-9-6-10(16-12(15-9)8-2-3-8)18-5-1-4-14-11(19)7-18/h6,8H,1-5,7,13H2,(H,14,19)(H,15,16,17). The van der Waals surface area contributed by atoms with E-state index in [-0.39, 0.29) is 5.91 Å². The fourth-order valence-electron chi connectivity index (χ4n) is 2.21. The Kier molecular flexibility index (Phi) is 3.20. The average molecular weight is 262 g/mol. The maximum Gasteiger partial charge on any atom is 0.239 e. The number of carbonyl (C=O) groups excluding carboxylic acids is 1. The van der Waals surface area contributed by atoms with E-state index in [4.69, 9.17) is 5.84 Å². The van der Waals surface area contributed by atoms with Crippen molar-refractivity contribution >= 4 is 17.5 Å². The minimum Gasteiger partial charge on any atom is -0.354 e. The number of carbonyl (C=O) groups is 1. The fraction of sp³-hybridized carbons (Fsp3) is 0.583. The number of anilines is 2. The van der Waals surface area contributed by atoms with Crippen molar-refractivity contribution in [2.75, 3.05) is 30.0 Å². The first kappa shape index (κ1) is 12.2. The second kappa shape index (κ2) is 5.00. The first-order valence-corrected chi connectivity index (χ1v) is 6.63. The van der Waals surface area contributed by atoms with Gasteiger partial charge in [-0.25, -0.2) is 15.8 Å². The molecular weight excluding hydrogens is 244 g/mol. The third-order valence-electron chi connectivity index (χ3n) is 3.41. The summed E-state index contributed by atoms with van der Waals surface area (Å²) in [6, 6.07) is 1.80. The summed E-state index contributed by atoms with van der Waals surface area (Å²) in [6.07, 6.45) is 3.18. The van der Waals surface area contributed by atoms with E-state index in [2.05, 4.69) is 20.7 Å². The lowest BCUT2D eigenvalue weighted by Gasteiger charge is -2.21. The molecule has 7 heteroatoms. The zero-order valence-corrected chi connectivity index (χ0v) is 10.7. The molecule has 3 rings (SSSR count). The van der Waals surface area contributed by atoms with Crippen LogP contribution in [0.1, 0.15) is 31.0 Å². The Morgan fingerprint density at radius 3 is 3.00 bits per heavy atom. The lowest BCUT2D eigenvalue weighted by molar-refractivity contribution is -0.119. The molecule has 1 aliphatic heterocycles. The van der Waals surface area contributed by atoms with Crippen LogP contribution in [0.25, 0.3) is 0 Å². The van der Waals surface area contributed by atoms with Crippen LogP contribution in [-0.4, -0.2) is 35.5 Å². The molecule has 2 heterocycles. The van der Waals surface area contributed by atoms with Gasteiger partial charge in [0.05, 0.1) is 6.54 Å². The van der Waals surface area contributed by atoms with Gasteiger partial charge in [-0.1, -0.05) is 0 Å². The number of nitrogens with one attached hydrogen (secondary N) is 2. The number of nitrogen functional groups attached to an aromatic ring is 1. The van der Waals surface area contributed by atoms with Crippen molar-refractivity contribution < 1.29 is 4.79 Å². The van der Waals surface area contributed by atoms with E-state index < -0.39 is 0 Å². The van der Waals surface area contributed by atoms with E-state index in [1.807, 2.05) is 4.90 Å². The van der Waals surface area contributed by atoms with E-state index in [0.717, 1.165) is 44.0 Å². The average Bonchev–Trinajstić information content (AvgIpc) is 3.25. The van der Waals surface area contributed by atoms with Gasteiger partial charge in [-0.3, -0.25) is 4.79 Å². The molecule has 1 saturated heterocycles. The Balaban J connectivity index is 1.89. The van der Waals surface area contributed by atoms with Gasteiger partial charge in [0.25, 0.3) is 0 Å². The lowest BCUT2D eigenvalue weighted by atomic mass is 10.3. The summed E-state index contributed by atoms with van der Waals surface area (Å²) in [4.78, 5) is 22.6. The lowest BCUT2D eigenvalue weighted by Crippen LogP contribution is -2.33. The van der Waals surface area contributed by atoms with Gasteiger partial charge in [0, 0.05) is 25.1 Å². The van der Waals surface area contributed by atoms with Crippen LogP contribution in [0.2, 0.25) is 0 Å². The summed E-state index contributed by atoms with van der Waals surface area (Å²) >= 11 is 0. The largest absolute Gasteiger partial charge is 0.354 e. The quantitative estimate of drug-likeness (QED) is 0.523. The molecule has 1 saturated carbocycles. The SMILES string of the molecule is NNc1cc(N2CCCNC(=O)C2)nc(C2CC2)n1. The highest BCUT2D eigenvalue weighted by atomic mass is 16.2. The minimum absolute atomic E-state index is 0.0336. The van der Waals surface area contributed by atoms with Crippen LogP contribution in [0, 0.1) is 0 Å². The number of aromatic nitrogens is 2. The summed E-state index contributed by atoms with van der Waals surface area (Å²) in [5.74, 6) is 8.16. The zero-order chi connectivity index (χ0) is 13.2. The Morgan fingerprint density at radius 1 is 1.42 bits per heavy atom. The van der Waals surface area contributed by atoms with Crippen molar-refractivity contribution in [2.24, 2.45) is 5.84 Å². The molecule has 0 bridgehead atoms. The molecule has 19 heavy (non-hydrogen) atoms. The molecule has 2 aliphatic rings. The van der Waals surface area contributed by atoms with Crippen LogP contribution in [0.15, 0.2) is 6.07 Å². The Labute approximate surface area is 111 Å². The highest BCUT2D eigenvalue weighted by Crippen LogP contribution is 2.39. The predicted octanol–water partition coefficient (Wildman–Crippen LogP) is -0.0341. The molecule has 1 amide bonds. The first-order valence-electron chi connectivity index (χ1n) is 6.63. The molecule has 2 fully saturated rings. The molecule has 0 aromatic carbocycles. The summed E-state index contributed by atoms with van der Waals surface area (Å²) in [6.45, 7) is 1.87. The van der Waals surface area contributed by atoms with Crippen LogP contribution < -0.4 is 21.5 Å². The van der Waals surface area contributed by atoms with Crippen LogP contribution in [0.4, 0.5) is 11.6 Å². The van der Waals surface area contributed by atoms with E-state index in [0.29, 0.717) is 18.3 Å². The van der Waals surface area contributed by atoms with Crippen LogP contribution in [0.5, 0.6) is 0 Å². The number of amides is 1. The number of nitrogens with two attached hydrogens (primary N) is 1. The van der Waals surface area contributed by atoms with Crippen LogP contribution >= 0.6 is 0 Å². The van der Waals surface area contributed by atoms with Crippen molar-refractivity contribution in [2.45, 2.75) is 25.2 Å². The number of hydrogen-bond donors (Lipinski definition) is 3. The summed E-state index contributed by atoms with van der Waals surface area (Å²) in [7, 11) is 0. The van der Waals surface area contributed by atoms with Crippen LogP contribution in [0.3, 0.4) is 0 Å². The van der Waals surface area contributed by atoms with Gasteiger partial charge in [0.15, 0.2) is 0 Å². The van der Waals surface area contributed by atoms with Crippen molar-refractivity contribution in [1.29, 1.82) is 0 Å². The van der Waals surface area contributed by atoms with Gasteiger partial charge >= 0.3 is 0 Å². The van der Waals surface area contributed by atoms with Crippen LogP contribution in [-0.2, 0) is 4.79 Å². The number of hydrogen-bond acceptors (Lipinski definition) is 6. The number of nitrogens with zero attached hydrogens (tertiary/aromatic N) is 3. The van der Waals surface area contributed by atoms with Crippen molar-refractivity contribution in [3.8, 4) is 0 Å². The predicted molar refractivity (Wildman–Crippen MR) is 71.7 cm³/mol. The van der Waals surface area contributed by atoms with Gasteiger partial charge in [-0.15, -0.1) is 0 Å². The van der Waals surface area contributed by atoms with E-state index in [1.54, 1.807) is 6.07 Å². The van der Waals surface area contributed by atoms with Gasteiger partial charge < -0.3 is 15.6 Å². The third kappa shape index (κ3) is 2.76. The van der Waals surface area contributed by atoms with E-state index >= 15 is 0 Å². The normalized spacial score (nSPS) is 19.8. The maximum atomic E-state index is 11.6. The monoisotopic (exact) mass is 262 g/mol. The summed E-state index contributed by atoms with van der Waals surface area (Å²) in [5.41, 5.74) is 2.58.